The molecule has 6 heteroatoms. The second-order valence-electron chi connectivity index (χ2n) is 3.34. The molecule has 0 saturated carbocycles. The normalized spacial score (nSPS) is 10.6. The zero-order valence-corrected chi connectivity index (χ0v) is 12.1. The van der Waals surface area contributed by atoms with Crippen LogP contribution in [-0.2, 0) is 6.42 Å². The van der Waals surface area contributed by atoms with Gasteiger partial charge in [-0.2, -0.15) is 0 Å². The molecule has 0 aliphatic carbocycles. The predicted molar refractivity (Wildman–Crippen MR) is 74.0 cm³/mol. The average Bonchev–Trinajstić information content (AvgIpc) is 2.29. The molecule has 0 bridgehead atoms. The highest BCUT2D eigenvalue weighted by Crippen LogP contribution is 2.23. The molecule has 0 aliphatic rings. The summed E-state index contributed by atoms with van der Waals surface area (Å²) < 4.78 is 13.4. The lowest BCUT2D eigenvalue weighted by atomic mass is 10.1. The van der Waals surface area contributed by atoms with E-state index >= 15 is 0 Å². The van der Waals surface area contributed by atoms with Gasteiger partial charge in [0.25, 0.3) is 0 Å². The molecule has 0 saturated heterocycles. The van der Waals surface area contributed by atoms with Gasteiger partial charge in [-0.1, -0.05) is 35.3 Å². The van der Waals surface area contributed by atoms with Crippen LogP contribution in [0.1, 0.15) is 11.4 Å². The Kier molecular flexibility index (Phi) is 4.17. The van der Waals surface area contributed by atoms with Gasteiger partial charge in [-0.25, -0.2) is 14.4 Å². The van der Waals surface area contributed by atoms with Gasteiger partial charge in [0.05, 0.1) is 3.57 Å². The van der Waals surface area contributed by atoms with E-state index in [9.17, 15) is 4.39 Å². The molecule has 0 amide bonds. The van der Waals surface area contributed by atoms with Crippen molar-refractivity contribution in [2.75, 3.05) is 0 Å². The van der Waals surface area contributed by atoms with E-state index in [1.807, 2.05) is 22.6 Å². The summed E-state index contributed by atoms with van der Waals surface area (Å²) in [6.45, 7) is 0. The van der Waals surface area contributed by atoms with Crippen LogP contribution in [0.5, 0.6) is 0 Å². The fourth-order valence-electron chi connectivity index (χ4n) is 1.30. The Labute approximate surface area is 121 Å². The van der Waals surface area contributed by atoms with E-state index in [1.165, 1.54) is 12.1 Å². The fraction of sp³-hybridized carbons (Fsp3) is 0.0909. The van der Waals surface area contributed by atoms with Gasteiger partial charge in [-0.3, -0.25) is 0 Å². The minimum Gasteiger partial charge on any atom is -0.220 e. The molecule has 0 radical (unpaired) electrons. The molecular weight excluding hydrogens is 377 g/mol. The Balaban J connectivity index is 2.27. The van der Waals surface area contributed by atoms with Crippen LogP contribution in [0.15, 0.2) is 24.3 Å². The number of nitrogens with zero attached hydrogens (tertiary/aromatic N) is 2. The van der Waals surface area contributed by atoms with E-state index in [2.05, 4.69) is 9.97 Å². The third-order valence-electron chi connectivity index (χ3n) is 2.09. The highest BCUT2D eigenvalue weighted by Gasteiger charge is 2.09. The van der Waals surface area contributed by atoms with Crippen LogP contribution in [0.25, 0.3) is 0 Å². The maximum atomic E-state index is 12.7. The Morgan fingerprint density at radius 3 is 2.12 bits per heavy atom. The Bertz CT molecular complexity index is 523. The van der Waals surface area contributed by atoms with Crippen LogP contribution >= 0.6 is 45.8 Å². The maximum absolute atomic E-state index is 12.7. The summed E-state index contributed by atoms with van der Waals surface area (Å²) in [6.07, 6.45) is 0.469. The number of aromatic nitrogens is 2. The second kappa shape index (κ2) is 5.46. The number of rotatable bonds is 2. The predicted octanol–water partition coefficient (Wildman–Crippen LogP) is 4.12. The number of benzene rings is 1. The molecule has 0 fully saturated rings. The van der Waals surface area contributed by atoms with Crippen molar-refractivity contribution in [3.63, 3.8) is 0 Å². The third kappa shape index (κ3) is 3.26. The van der Waals surface area contributed by atoms with Crippen molar-refractivity contribution in [1.82, 2.24) is 9.97 Å². The van der Waals surface area contributed by atoms with E-state index in [1.54, 1.807) is 12.1 Å². The molecule has 17 heavy (non-hydrogen) atoms. The highest BCUT2D eigenvalue weighted by molar-refractivity contribution is 14.1. The van der Waals surface area contributed by atoms with Crippen molar-refractivity contribution in [2.45, 2.75) is 6.42 Å². The first-order valence-electron chi connectivity index (χ1n) is 4.68. The van der Waals surface area contributed by atoms with Crippen molar-refractivity contribution in [3.05, 3.63) is 55.3 Å². The SMILES string of the molecule is Fc1ccc(Cc2nc(Cl)c(I)c(Cl)n2)cc1. The maximum Gasteiger partial charge on any atom is 0.147 e. The number of hydrogen-bond acceptors (Lipinski definition) is 2. The lowest BCUT2D eigenvalue weighted by molar-refractivity contribution is 0.627. The first kappa shape index (κ1) is 13.0. The van der Waals surface area contributed by atoms with Gasteiger partial charge in [-0.05, 0) is 40.3 Å². The standard InChI is InChI=1S/C11H6Cl2FIN2/c12-10-9(15)11(13)17-8(16-10)5-6-1-3-7(14)4-2-6/h1-4H,5H2. The van der Waals surface area contributed by atoms with Crippen molar-refractivity contribution in [2.24, 2.45) is 0 Å². The largest absolute Gasteiger partial charge is 0.220 e. The molecule has 1 aromatic carbocycles. The van der Waals surface area contributed by atoms with Gasteiger partial charge < -0.3 is 0 Å². The Morgan fingerprint density at radius 1 is 1.06 bits per heavy atom. The van der Waals surface area contributed by atoms with E-state index in [0.29, 0.717) is 26.1 Å². The first-order valence-corrected chi connectivity index (χ1v) is 6.51. The molecule has 2 nitrogen and oxygen atoms in total. The number of halogens is 4. The quantitative estimate of drug-likeness (QED) is 0.576. The molecule has 1 heterocycles. The topological polar surface area (TPSA) is 25.8 Å². The van der Waals surface area contributed by atoms with Crippen LogP contribution in [0, 0.1) is 9.39 Å². The summed E-state index contributed by atoms with van der Waals surface area (Å²) in [5.41, 5.74) is 0.903. The van der Waals surface area contributed by atoms with Gasteiger partial charge in [0, 0.05) is 6.42 Å². The van der Waals surface area contributed by atoms with Gasteiger partial charge in [-0.15, -0.1) is 0 Å². The van der Waals surface area contributed by atoms with Crippen molar-refractivity contribution >= 4 is 45.8 Å². The van der Waals surface area contributed by atoms with E-state index in [-0.39, 0.29) is 5.82 Å². The Hall–Kier alpha value is -0.460. The van der Waals surface area contributed by atoms with Gasteiger partial charge >= 0.3 is 0 Å². The molecule has 0 spiro atoms. The van der Waals surface area contributed by atoms with E-state index in [0.717, 1.165) is 5.56 Å². The summed E-state index contributed by atoms with van der Waals surface area (Å²) in [7, 11) is 0. The van der Waals surface area contributed by atoms with Crippen LogP contribution in [0.3, 0.4) is 0 Å². The summed E-state index contributed by atoms with van der Waals surface area (Å²) >= 11 is 13.8. The molecule has 0 unspecified atom stereocenters. The summed E-state index contributed by atoms with van der Waals surface area (Å²) in [6, 6.07) is 6.15. The molecule has 2 rings (SSSR count). The minimum absolute atomic E-state index is 0.270. The smallest absolute Gasteiger partial charge is 0.147 e. The lowest BCUT2D eigenvalue weighted by Crippen LogP contribution is -1.99. The van der Waals surface area contributed by atoms with Gasteiger partial charge in [0.15, 0.2) is 0 Å². The minimum atomic E-state index is -0.270. The molecule has 2 aromatic rings. The van der Waals surface area contributed by atoms with Crippen LogP contribution in [-0.4, -0.2) is 9.97 Å². The monoisotopic (exact) mass is 382 g/mol. The molecular formula is C11H6Cl2FIN2. The highest BCUT2D eigenvalue weighted by atomic mass is 127. The molecule has 0 aliphatic heterocycles. The molecule has 1 aromatic heterocycles. The Morgan fingerprint density at radius 2 is 1.59 bits per heavy atom. The van der Waals surface area contributed by atoms with Gasteiger partial charge in [0.2, 0.25) is 0 Å². The molecule has 88 valence electrons. The third-order valence-corrected chi connectivity index (χ3v) is 4.30. The fourth-order valence-corrected chi connectivity index (χ4v) is 1.96. The summed E-state index contributed by atoms with van der Waals surface area (Å²) in [5, 5.41) is 0.672. The summed E-state index contributed by atoms with van der Waals surface area (Å²) in [4.78, 5) is 8.24. The van der Waals surface area contributed by atoms with Crippen LogP contribution in [0.4, 0.5) is 4.39 Å². The summed E-state index contributed by atoms with van der Waals surface area (Å²) in [5.74, 6) is 0.250. The van der Waals surface area contributed by atoms with Gasteiger partial charge in [0.1, 0.15) is 21.9 Å². The van der Waals surface area contributed by atoms with Crippen LogP contribution < -0.4 is 0 Å². The molecule has 0 atom stereocenters. The van der Waals surface area contributed by atoms with E-state index < -0.39 is 0 Å². The number of hydrogen-bond donors (Lipinski definition) is 0. The average molecular weight is 383 g/mol. The zero-order valence-electron chi connectivity index (χ0n) is 8.42. The van der Waals surface area contributed by atoms with Crippen molar-refractivity contribution < 1.29 is 4.39 Å². The van der Waals surface area contributed by atoms with Crippen molar-refractivity contribution in [1.29, 1.82) is 0 Å². The molecule has 0 N–H and O–H groups in total. The zero-order chi connectivity index (χ0) is 12.4. The van der Waals surface area contributed by atoms with Crippen molar-refractivity contribution in [3.8, 4) is 0 Å². The van der Waals surface area contributed by atoms with E-state index in [4.69, 9.17) is 23.2 Å². The first-order chi connectivity index (χ1) is 8.06. The second-order valence-corrected chi connectivity index (χ2v) is 5.13. The lowest BCUT2D eigenvalue weighted by Gasteiger charge is -2.04. The van der Waals surface area contributed by atoms with Crippen LogP contribution in [0.2, 0.25) is 10.3 Å².